The zero-order valence-corrected chi connectivity index (χ0v) is 12.5. The summed E-state index contributed by atoms with van der Waals surface area (Å²) in [5.74, 6) is -0.0863. The van der Waals surface area contributed by atoms with E-state index >= 15 is 0 Å². The van der Waals surface area contributed by atoms with E-state index < -0.39 is 4.92 Å². The summed E-state index contributed by atoms with van der Waals surface area (Å²) in [6.45, 7) is 1.48. The SMILES string of the molecule is CC(=O)N(C)c1cccc(-c2ccnc3c([N+](=O)[O-])cnn23)c1. The Labute approximate surface area is 131 Å². The maximum Gasteiger partial charge on any atom is 0.333 e. The van der Waals surface area contributed by atoms with Crippen molar-refractivity contribution in [3.05, 3.63) is 52.8 Å². The van der Waals surface area contributed by atoms with Gasteiger partial charge in [-0.15, -0.1) is 0 Å². The predicted octanol–water partition coefficient (Wildman–Crippen LogP) is 2.29. The molecule has 0 saturated carbocycles. The minimum Gasteiger partial charge on any atom is -0.316 e. The summed E-state index contributed by atoms with van der Waals surface area (Å²) >= 11 is 0. The van der Waals surface area contributed by atoms with Crippen molar-refractivity contribution in [3.63, 3.8) is 0 Å². The van der Waals surface area contributed by atoms with E-state index in [9.17, 15) is 14.9 Å². The van der Waals surface area contributed by atoms with Gasteiger partial charge in [0.25, 0.3) is 0 Å². The van der Waals surface area contributed by atoms with Crippen LogP contribution < -0.4 is 4.90 Å². The molecule has 8 nitrogen and oxygen atoms in total. The molecule has 0 aliphatic rings. The Balaban J connectivity index is 2.16. The lowest BCUT2D eigenvalue weighted by molar-refractivity contribution is -0.383. The van der Waals surface area contributed by atoms with E-state index in [2.05, 4.69) is 10.1 Å². The monoisotopic (exact) mass is 311 g/mol. The third kappa shape index (κ3) is 2.50. The molecule has 0 spiro atoms. The molecule has 0 aliphatic carbocycles. The van der Waals surface area contributed by atoms with Crippen molar-refractivity contribution in [2.45, 2.75) is 6.92 Å². The fourth-order valence-electron chi connectivity index (χ4n) is 2.28. The van der Waals surface area contributed by atoms with Crippen molar-refractivity contribution in [1.82, 2.24) is 14.6 Å². The van der Waals surface area contributed by atoms with E-state index in [0.717, 1.165) is 11.3 Å². The van der Waals surface area contributed by atoms with E-state index in [-0.39, 0.29) is 17.2 Å². The van der Waals surface area contributed by atoms with Gasteiger partial charge in [-0.25, -0.2) is 9.50 Å². The molecule has 0 bridgehead atoms. The van der Waals surface area contributed by atoms with Gasteiger partial charge in [-0.2, -0.15) is 5.10 Å². The number of rotatable bonds is 3. The van der Waals surface area contributed by atoms with Gasteiger partial charge in [-0.05, 0) is 18.2 Å². The van der Waals surface area contributed by atoms with E-state index in [1.165, 1.54) is 28.7 Å². The molecule has 1 aromatic carbocycles. The lowest BCUT2D eigenvalue weighted by atomic mass is 10.1. The smallest absolute Gasteiger partial charge is 0.316 e. The highest BCUT2D eigenvalue weighted by molar-refractivity contribution is 5.91. The number of aromatic nitrogens is 3. The summed E-state index contributed by atoms with van der Waals surface area (Å²) in [5.41, 5.74) is 2.19. The van der Waals surface area contributed by atoms with Crippen LogP contribution in [0.2, 0.25) is 0 Å². The molecule has 2 aromatic heterocycles. The van der Waals surface area contributed by atoms with Gasteiger partial charge in [0.2, 0.25) is 11.6 Å². The molecule has 0 N–H and O–H groups in total. The number of anilines is 1. The largest absolute Gasteiger partial charge is 0.333 e. The van der Waals surface area contributed by atoms with Crippen LogP contribution in [0.15, 0.2) is 42.7 Å². The summed E-state index contributed by atoms with van der Waals surface area (Å²) in [7, 11) is 1.68. The van der Waals surface area contributed by atoms with Crippen LogP contribution in [-0.2, 0) is 4.79 Å². The van der Waals surface area contributed by atoms with E-state index in [4.69, 9.17) is 0 Å². The van der Waals surface area contributed by atoms with Gasteiger partial charge in [0, 0.05) is 31.4 Å². The maximum atomic E-state index is 11.5. The highest BCUT2D eigenvalue weighted by Crippen LogP contribution is 2.26. The average Bonchev–Trinajstić information content (AvgIpc) is 2.98. The topological polar surface area (TPSA) is 93.6 Å². The third-order valence-electron chi connectivity index (χ3n) is 3.58. The Morgan fingerprint density at radius 1 is 1.35 bits per heavy atom. The predicted molar refractivity (Wildman–Crippen MR) is 84.2 cm³/mol. The molecule has 0 atom stereocenters. The lowest BCUT2D eigenvalue weighted by Gasteiger charge is -2.16. The quantitative estimate of drug-likeness (QED) is 0.546. The molecule has 0 aliphatic heterocycles. The average molecular weight is 311 g/mol. The van der Waals surface area contributed by atoms with Crippen molar-refractivity contribution in [1.29, 1.82) is 0 Å². The molecule has 3 aromatic rings. The number of hydrogen-bond acceptors (Lipinski definition) is 5. The highest BCUT2D eigenvalue weighted by atomic mass is 16.6. The van der Waals surface area contributed by atoms with Gasteiger partial charge in [0.05, 0.1) is 10.6 Å². The van der Waals surface area contributed by atoms with Gasteiger partial charge in [0.1, 0.15) is 6.20 Å². The Bertz CT molecular complexity index is 918. The summed E-state index contributed by atoms with van der Waals surface area (Å²) in [5, 5.41) is 15.1. The molecule has 0 radical (unpaired) electrons. The Hall–Kier alpha value is -3.29. The van der Waals surface area contributed by atoms with Crippen molar-refractivity contribution < 1.29 is 9.72 Å². The number of fused-ring (bicyclic) bond motifs is 1. The Morgan fingerprint density at radius 3 is 2.83 bits per heavy atom. The molecular weight excluding hydrogens is 298 g/mol. The zero-order valence-electron chi connectivity index (χ0n) is 12.5. The molecule has 2 heterocycles. The van der Waals surface area contributed by atoms with E-state index in [0.29, 0.717) is 5.69 Å². The first-order valence-corrected chi connectivity index (χ1v) is 6.81. The van der Waals surface area contributed by atoms with Crippen LogP contribution >= 0.6 is 0 Å². The van der Waals surface area contributed by atoms with Crippen molar-refractivity contribution in [3.8, 4) is 11.3 Å². The number of nitrogens with zero attached hydrogens (tertiary/aromatic N) is 5. The number of carbonyl (C=O) groups excluding carboxylic acids is 1. The van der Waals surface area contributed by atoms with Crippen molar-refractivity contribution >= 4 is 22.9 Å². The van der Waals surface area contributed by atoms with Gasteiger partial charge in [0.15, 0.2) is 0 Å². The number of nitro groups is 1. The normalized spacial score (nSPS) is 10.7. The summed E-state index contributed by atoms with van der Waals surface area (Å²) < 4.78 is 1.42. The molecule has 23 heavy (non-hydrogen) atoms. The second kappa shape index (κ2) is 5.48. The number of benzene rings is 1. The first-order valence-electron chi connectivity index (χ1n) is 6.81. The van der Waals surface area contributed by atoms with Crippen LogP contribution in [0, 0.1) is 10.1 Å². The fraction of sp³-hybridized carbons (Fsp3) is 0.133. The first kappa shape index (κ1) is 14.6. The number of amides is 1. The van der Waals surface area contributed by atoms with Crippen LogP contribution in [0.5, 0.6) is 0 Å². The van der Waals surface area contributed by atoms with E-state index in [1.54, 1.807) is 13.1 Å². The van der Waals surface area contributed by atoms with Gasteiger partial charge in [-0.1, -0.05) is 12.1 Å². The molecule has 3 rings (SSSR count). The fourth-order valence-corrected chi connectivity index (χ4v) is 2.28. The van der Waals surface area contributed by atoms with Crippen LogP contribution in [0.3, 0.4) is 0 Å². The first-order chi connectivity index (χ1) is 11.0. The third-order valence-corrected chi connectivity index (χ3v) is 3.58. The molecule has 1 amide bonds. The maximum absolute atomic E-state index is 11.5. The molecular formula is C15H13N5O3. The summed E-state index contributed by atoms with van der Waals surface area (Å²) in [6, 6.07) is 9.02. The molecule has 116 valence electrons. The second-order valence-electron chi connectivity index (χ2n) is 4.98. The molecule has 8 heteroatoms. The van der Waals surface area contributed by atoms with Crippen molar-refractivity contribution in [2.75, 3.05) is 11.9 Å². The molecule has 0 unspecified atom stereocenters. The second-order valence-corrected chi connectivity index (χ2v) is 4.98. The number of hydrogen-bond donors (Lipinski definition) is 0. The Morgan fingerprint density at radius 2 is 2.13 bits per heavy atom. The minimum atomic E-state index is -0.515. The van der Waals surface area contributed by atoms with E-state index in [1.807, 2.05) is 24.3 Å². The van der Waals surface area contributed by atoms with Crippen LogP contribution in [0.4, 0.5) is 11.4 Å². The Kier molecular flexibility index (Phi) is 3.49. The van der Waals surface area contributed by atoms with Crippen molar-refractivity contribution in [2.24, 2.45) is 0 Å². The highest BCUT2D eigenvalue weighted by Gasteiger charge is 2.18. The van der Waals surface area contributed by atoms with Gasteiger partial charge < -0.3 is 4.90 Å². The van der Waals surface area contributed by atoms with Crippen LogP contribution in [0.1, 0.15) is 6.92 Å². The number of carbonyl (C=O) groups is 1. The minimum absolute atomic E-state index is 0.0863. The molecule has 0 fully saturated rings. The standard InChI is InChI=1S/C15H13N5O3/c1-10(21)18(2)12-5-3-4-11(8-12)13-6-7-16-15-14(20(22)23)9-17-19(13)15/h3-9H,1-2H3. The summed E-state index contributed by atoms with van der Waals surface area (Å²) in [6.07, 6.45) is 2.68. The zero-order chi connectivity index (χ0) is 16.6. The van der Waals surface area contributed by atoms with Crippen LogP contribution in [0.25, 0.3) is 16.9 Å². The summed E-state index contributed by atoms with van der Waals surface area (Å²) in [4.78, 5) is 27.6. The van der Waals surface area contributed by atoms with Crippen LogP contribution in [-0.4, -0.2) is 32.5 Å². The molecule has 0 saturated heterocycles. The van der Waals surface area contributed by atoms with Gasteiger partial charge in [-0.3, -0.25) is 14.9 Å². The van der Waals surface area contributed by atoms with Gasteiger partial charge >= 0.3 is 5.69 Å². The lowest BCUT2D eigenvalue weighted by Crippen LogP contribution is -2.22.